The summed E-state index contributed by atoms with van der Waals surface area (Å²) in [5.74, 6) is -0.577. The molecule has 0 aliphatic carbocycles. The highest BCUT2D eigenvalue weighted by atomic mass is 32.1. The zero-order valence-corrected chi connectivity index (χ0v) is 20.7. The van der Waals surface area contributed by atoms with Gasteiger partial charge in [-0.1, -0.05) is 30.3 Å². The van der Waals surface area contributed by atoms with Crippen molar-refractivity contribution in [3.63, 3.8) is 0 Å². The van der Waals surface area contributed by atoms with Gasteiger partial charge in [-0.05, 0) is 54.1 Å². The van der Waals surface area contributed by atoms with Crippen LogP contribution < -0.4 is 4.74 Å². The lowest BCUT2D eigenvalue weighted by Gasteiger charge is -2.37. The predicted molar refractivity (Wildman–Crippen MR) is 133 cm³/mol. The summed E-state index contributed by atoms with van der Waals surface area (Å²) in [5.41, 5.74) is 2.04. The number of hydrogen-bond donors (Lipinski definition) is 0. The number of carbonyl (C=O) groups excluding carboxylic acids is 2. The molecule has 8 heteroatoms. The van der Waals surface area contributed by atoms with Gasteiger partial charge >= 0.3 is 0 Å². The van der Waals surface area contributed by atoms with E-state index in [4.69, 9.17) is 9.47 Å². The van der Waals surface area contributed by atoms with Crippen LogP contribution in [0.3, 0.4) is 0 Å². The molecule has 0 unspecified atom stereocenters. The van der Waals surface area contributed by atoms with Crippen molar-refractivity contribution >= 4 is 23.2 Å². The molecule has 0 fully saturated rings. The smallest absolute Gasteiger partial charge is 0.257 e. The number of nitrogens with zero attached hydrogens (tertiary/aromatic N) is 2. The van der Waals surface area contributed by atoms with Crippen LogP contribution in [0, 0.1) is 12.7 Å². The number of thiophene rings is 1. The molecule has 2 amide bonds. The molecule has 2 heterocycles. The van der Waals surface area contributed by atoms with Crippen LogP contribution in [0.4, 0.5) is 4.39 Å². The Morgan fingerprint density at radius 2 is 1.91 bits per heavy atom. The summed E-state index contributed by atoms with van der Waals surface area (Å²) in [6.07, 6.45) is 0.749. The normalized spacial score (nSPS) is 14.9. The fraction of sp³-hybridized carbons (Fsp3) is 0.333. The van der Waals surface area contributed by atoms with Crippen LogP contribution in [0.5, 0.6) is 5.75 Å². The van der Waals surface area contributed by atoms with Crippen molar-refractivity contribution in [3.8, 4) is 5.75 Å². The highest BCUT2D eigenvalue weighted by molar-refractivity contribution is 7.10. The number of carbonyl (C=O) groups is 2. The van der Waals surface area contributed by atoms with E-state index in [0.717, 1.165) is 23.3 Å². The minimum atomic E-state index is -0.613. The average molecular weight is 497 g/mol. The molecule has 3 aromatic rings. The molecule has 184 valence electrons. The first kappa shape index (κ1) is 24.9. The fourth-order valence-corrected chi connectivity index (χ4v) is 5.20. The first-order valence-electron chi connectivity index (χ1n) is 11.6. The van der Waals surface area contributed by atoms with Crippen molar-refractivity contribution in [2.45, 2.75) is 19.4 Å². The largest absolute Gasteiger partial charge is 0.491 e. The molecular formula is C27H29FN2O4S. The molecule has 1 aromatic heterocycles. The predicted octanol–water partition coefficient (Wildman–Crippen LogP) is 4.49. The third-order valence-corrected chi connectivity index (χ3v) is 7.18. The zero-order valence-electron chi connectivity index (χ0n) is 19.9. The number of hydrogen-bond acceptors (Lipinski definition) is 5. The van der Waals surface area contributed by atoms with E-state index in [1.54, 1.807) is 22.3 Å². The second-order valence-corrected chi connectivity index (χ2v) is 9.43. The number of fused-ring (bicyclic) bond motifs is 1. The number of methoxy groups -OCH3 is 1. The maximum Gasteiger partial charge on any atom is 0.257 e. The van der Waals surface area contributed by atoms with E-state index in [1.807, 2.05) is 42.6 Å². The second-order valence-electron chi connectivity index (χ2n) is 8.43. The summed E-state index contributed by atoms with van der Waals surface area (Å²) in [6, 6.07) is 15.3. The quantitative estimate of drug-likeness (QED) is 0.438. The third kappa shape index (κ3) is 5.71. The molecule has 35 heavy (non-hydrogen) atoms. The topological polar surface area (TPSA) is 59.1 Å². The Hall–Kier alpha value is -3.23. The number of benzene rings is 2. The maximum atomic E-state index is 14.3. The molecule has 0 N–H and O–H groups in total. The number of aryl methyl sites for hydroxylation is 1. The van der Waals surface area contributed by atoms with E-state index in [2.05, 4.69) is 0 Å². The van der Waals surface area contributed by atoms with E-state index in [0.29, 0.717) is 13.2 Å². The first-order valence-corrected chi connectivity index (χ1v) is 12.4. The molecule has 0 saturated carbocycles. The molecule has 0 bridgehead atoms. The highest BCUT2D eigenvalue weighted by Gasteiger charge is 2.34. The van der Waals surface area contributed by atoms with Crippen molar-refractivity contribution in [2.24, 2.45) is 0 Å². The number of ether oxygens (including phenoxy) is 2. The number of para-hydroxylation sites is 1. The van der Waals surface area contributed by atoms with E-state index < -0.39 is 11.7 Å². The Morgan fingerprint density at radius 1 is 1.14 bits per heavy atom. The van der Waals surface area contributed by atoms with E-state index in [9.17, 15) is 14.0 Å². The minimum Gasteiger partial charge on any atom is -0.491 e. The molecular weight excluding hydrogens is 467 g/mol. The van der Waals surface area contributed by atoms with Crippen molar-refractivity contribution in [3.05, 3.63) is 87.4 Å². The summed E-state index contributed by atoms with van der Waals surface area (Å²) < 4.78 is 25.6. The SMILES string of the molecule is COCCN(CC(=O)N1CCc2sccc2[C@@H]1COc1ccccc1C)C(=O)c1ccccc1F. The molecule has 2 aromatic carbocycles. The van der Waals surface area contributed by atoms with E-state index in [-0.39, 0.29) is 37.2 Å². The van der Waals surface area contributed by atoms with Crippen molar-refractivity contribution in [2.75, 3.05) is 40.0 Å². The fourth-order valence-electron chi connectivity index (χ4n) is 4.27. The van der Waals surface area contributed by atoms with Crippen LogP contribution in [0.2, 0.25) is 0 Å². The lowest BCUT2D eigenvalue weighted by Crippen LogP contribution is -2.48. The van der Waals surface area contributed by atoms with Gasteiger partial charge in [-0.3, -0.25) is 9.59 Å². The Morgan fingerprint density at radius 3 is 2.69 bits per heavy atom. The van der Waals surface area contributed by atoms with Crippen LogP contribution in [-0.4, -0.2) is 61.6 Å². The van der Waals surface area contributed by atoms with E-state index in [1.165, 1.54) is 35.1 Å². The van der Waals surface area contributed by atoms with Gasteiger partial charge in [-0.15, -0.1) is 11.3 Å². The molecule has 0 saturated heterocycles. The Kier molecular flexibility index (Phi) is 8.15. The summed E-state index contributed by atoms with van der Waals surface area (Å²) in [5, 5.41) is 2.03. The van der Waals surface area contributed by atoms with Crippen LogP contribution in [0.1, 0.15) is 32.4 Å². The maximum absolute atomic E-state index is 14.3. The first-order chi connectivity index (χ1) is 17.0. The summed E-state index contributed by atoms with van der Waals surface area (Å²) in [7, 11) is 1.52. The van der Waals surface area contributed by atoms with Crippen molar-refractivity contribution in [1.29, 1.82) is 0 Å². The van der Waals surface area contributed by atoms with Gasteiger partial charge in [-0.25, -0.2) is 4.39 Å². The number of rotatable bonds is 9. The van der Waals surface area contributed by atoms with Gasteiger partial charge in [-0.2, -0.15) is 0 Å². The Balaban J connectivity index is 1.54. The van der Waals surface area contributed by atoms with Crippen molar-refractivity contribution in [1.82, 2.24) is 9.80 Å². The monoisotopic (exact) mass is 496 g/mol. The Bertz CT molecular complexity index is 1180. The van der Waals surface area contributed by atoms with Crippen LogP contribution >= 0.6 is 11.3 Å². The molecule has 4 rings (SSSR count). The van der Waals surface area contributed by atoms with Crippen molar-refractivity contribution < 1.29 is 23.5 Å². The summed E-state index contributed by atoms with van der Waals surface area (Å²) >= 11 is 1.68. The molecule has 0 radical (unpaired) electrons. The Labute approximate surface area is 208 Å². The van der Waals surface area contributed by atoms with Crippen LogP contribution in [-0.2, 0) is 16.0 Å². The van der Waals surface area contributed by atoms with Crippen LogP contribution in [0.15, 0.2) is 60.0 Å². The summed E-state index contributed by atoms with van der Waals surface area (Å²) in [4.78, 5) is 31.0. The standard InChI is InChI=1S/C27H29FN2O4S/c1-19-7-3-6-10-24(19)34-18-23-21-12-16-35-25(21)11-13-30(23)26(31)17-29(14-15-33-2)27(32)20-8-4-5-9-22(20)28/h3-10,12,16,23H,11,13-15,17-18H2,1-2H3/t23-/m0/s1. The number of halogens is 1. The molecule has 1 aliphatic heterocycles. The van der Waals surface area contributed by atoms with Gasteiger partial charge in [0, 0.05) is 25.1 Å². The van der Waals surface area contributed by atoms with Gasteiger partial charge < -0.3 is 19.3 Å². The summed E-state index contributed by atoms with van der Waals surface area (Å²) in [6.45, 7) is 3.06. The molecule has 6 nitrogen and oxygen atoms in total. The van der Waals surface area contributed by atoms with Crippen LogP contribution in [0.25, 0.3) is 0 Å². The molecule has 1 atom stereocenters. The molecule has 0 spiro atoms. The minimum absolute atomic E-state index is 0.0606. The lowest BCUT2D eigenvalue weighted by atomic mass is 10.00. The average Bonchev–Trinajstić information content (AvgIpc) is 3.35. The zero-order chi connectivity index (χ0) is 24.8. The highest BCUT2D eigenvalue weighted by Crippen LogP contribution is 2.34. The van der Waals surface area contributed by atoms with Gasteiger partial charge in [0.2, 0.25) is 5.91 Å². The van der Waals surface area contributed by atoms with E-state index >= 15 is 0 Å². The number of amides is 2. The third-order valence-electron chi connectivity index (χ3n) is 6.19. The van der Waals surface area contributed by atoms with Gasteiger partial charge in [0.25, 0.3) is 5.91 Å². The van der Waals surface area contributed by atoms with Gasteiger partial charge in [0.15, 0.2) is 0 Å². The second kappa shape index (κ2) is 11.5. The van der Waals surface area contributed by atoms with Gasteiger partial charge in [0.05, 0.1) is 18.2 Å². The molecule has 1 aliphatic rings. The lowest BCUT2D eigenvalue weighted by molar-refractivity contribution is -0.135. The van der Waals surface area contributed by atoms with Gasteiger partial charge in [0.1, 0.15) is 24.7 Å².